The maximum Gasteiger partial charge on any atom is 0.416 e. The minimum absolute atomic E-state index is 0.610. The second-order valence-electron chi connectivity index (χ2n) is 4.90. The van der Waals surface area contributed by atoms with E-state index in [1.54, 1.807) is 6.20 Å². The molecule has 1 N–H and O–H groups in total. The summed E-state index contributed by atoms with van der Waals surface area (Å²) in [6.45, 7) is 0. The van der Waals surface area contributed by atoms with Crippen LogP contribution in [0.2, 0.25) is 0 Å². The van der Waals surface area contributed by atoms with Crippen molar-refractivity contribution < 1.29 is 13.2 Å². The molecule has 22 heavy (non-hydrogen) atoms. The number of aromatic amines is 1. The fourth-order valence-corrected chi connectivity index (χ4v) is 2.50. The number of H-pyrrole nitrogens is 1. The summed E-state index contributed by atoms with van der Waals surface area (Å²) in [5, 5.41) is 0. The Morgan fingerprint density at radius 3 is 2.50 bits per heavy atom. The third-order valence-corrected chi connectivity index (χ3v) is 3.72. The Morgan fingerprint density at radius 1 is 1.09 bits per heavy atom. The molecule has 3 rings (SSSR count). The zero-order valence-electron chi connectivity index (χ0n) is 11.3. The summed E-state index contributed by atoms with van der Waals surface area (Å²) >= 11 is 3.34. The van der Waals surface area contributed by atoms with Gasteiger partial charge in [-0.25, -0.2) is 9.97 Å². The Morgan fingerprint density at radius 2 is 1.82 bits per heavy atom. The fraction of sp³-hybridized carbons (Fsp3) is 0.200. The van der Waals surface area contributed by atoms with Crippen LogP contribution >= 0.6 is 15.9 Å². The van der Waals surface area contributed by atoms with Crippen molar-refractivity contribution in [3.05, 3.63) is 58.0 Å². The van der Waals surface area contributed by atoms with Gasteiger partial charge in [-0.2, -0.15) is 13.2 Å². The first-order valence-corrected chi connectivity index (χ1v) is 7.37. The zero-order chi connectivity index (χ0) is 15.7. The van der Waals surface area contributed by atoms with E-state index in [9.17, 15) is 13.2 Å². The summed E-state index contributed by atoms with van der Waals surface area (Å²) in [4.78, 5) is 11.7. The Labute approximate surface area is 132 Å². The average molecular weight is 370 g/mol. The van der Waals surface area contributed by atoms with E-state index in [0.29, 0.717) is 18.5 Å². The number of benzene rings is 1. The molecule has 3 aromatic rings. The minimum atomic E-state index is -4.30. The molecule has 7 heteroatoms. The van der Waals surface area contributed by atoms with Gasteiger partial charge >= 0.3 is 6.18 Å². The van der Waals surface area contributed by atoms with Crippen molar-refractivity contribution in [3.63, 3.8) is 0 Å². The van der Waals surface area contributed by atoms with E-state index in [1.165, 1.54) is 12.1 Å². The van der Waals surface area contributed by atoms with Crippen LogP contribution in [-0.2, 0) is 19.0 Å². The van der Waals surface area contributed by atoms with Gasteiger partial charge in [-0.1, -0.05) is 12.1 Å². The summed E-state index contributed by atoms with van der Waals surface area (Å²) in [6.07, 6.45) is -1.41. The molecular weight excluding hydrogens is 359 g/mol. The number of halogens is 4. The van der Waals surface area contributed by atoms with Gasteiger partial charge in [-0.3, -0.25) is 0 Å². The number of hydrogen-bond acceptors (Lipinski definition) is 2. The van der Waals surface area contributed by atoms with Gasteiger partial charge in [-0.05, 0) is 46.1 Å². The van der Waals surface area contributed by atoms with Gasteiger partial charge in [0.05, 0.1) is 11.1 Å². The zero-order valence-corrected chi connectivity index (χ0v) is 12.9. The van der Waals surface area contributed by atoms with Crippen LogP contribution in [0, 0.1) is 0 Å². The van der Waals surface area contributed by atoms with E-state index in [4.69, 9.17) is 0 Å². The van der Waals surface area contributed by atoms with Gasteiger partial charge in [0.15, 0.2) is 5.65 Å². The first-order chi connectivity index (χ1) is 10.4. The molecule has 3 nitrogen and oxygen atoms in total. The van der Waals surface area contributed by atoms with Crippen molar-refractivity contribution >= 4 is 27.1 Å². The molecule has 2 heterocycles. The van der Waals surface area contributed by atoms with E-state index in [1.807, 2.05) is 6.07 Å². The van der Waals surface area contributed by atoms with Gasteiger partial charge in [-0.15, -0.1) is 0 Å². The highest BCUT2D eigenvalue weighted by Gasteiger charge is 2.29. The lowest BCUT2D eigenvalue weighted by Gasteiger charge is -2.07. The number of nitrogens with zero attached hydrogens (tertiary/aromatic N) is 2. The van der Waals surface area contributed by atoms with Gasteiger partial charge in [0.2, 0.25) is 0 Å². The largest absolute Gasteiger partial charge is 0.416 e. The van der Waals surface area contributed by atoms with Gasteiger partial charge in [0.25, 0.3) is 0 Å². The molecule has 0 aliphatic heterocycles. The van der Waals surface area contributed by atoms with E-state index in [0.717, 1.165) is 33.5 Å². The van der Waals surface area contributed by atoms with E-state index >= 15 is 0 Å². The minimum Gasteiger partial charge on any atom is -0.341 e. The molecule has 0 aliphatic carbocycles. The molecule has 0 unspecified atom stereocenters. The number of aromatic nitrogens is 3. The van der Waals surface area contributed by atoms with E-state index < -0.39 is 11.7 Å². The number of pyridine rings is 1. The second-order valence-corrected chi connectivity index (χ2v) is 5.82. The first-order valence-electron chi connectivity index (χ1n) is 6.58. The summed E-state index contributed by atoms with van der Waals surface area (Å²) in [5.41, 5.74) is 1.67. The van der Waals surface area contributed by atoms with Crippen LogP contribution in [0.1, 0.15) is 17.0 Å². The van der Waals surface area contributed by atoms with Crippen LogP contribution in [0.5, 0.6) is 0 Å². The third-order valence-electron chi connectivity index (χ3n) is 3.28. The highest BCUT2D eigenvalue weighted by atomic mass is 79.9. The fourth-order valence-electron chi connectivity index (χ4n) is 2.17. The van der Waals surface area contributed by atoms with Crippen molar-refractivity contribution in [1.29, 1.82) is 0 Å². The van der Waals surface area contributed by atoms with Crippen molar-refractivity contribution in [2.45, 2.75) is 19.0 Å². The molecule has 0 bridgehead atoms. The number of fused-ring (bicyclic) bond motifs is 1. The van der Waals surface area contributed by atoms with Gasteiger partial charge < -0.3 is 4.98 Å². The number of nitrogens with one attached hydrogen (secondary N) is 1. The quantitative estimate of drug-likeness (QED) is 0.737. The third kappa shape index (κ3) is 3.30. The van der Waals surface area contributed by atoms with Crippen molar-refractivity contribution in [2.75, 3.05) is 0 Å². The molecule has 0 saturated carbocycles. The highest BCUT2D eigenvalue weighted by Crippen LogP contribution is 2.29. The topological polar surface area (TPSA) is 41.6 Å². The van der Waals surface area contributed by atoms with Crippen molar-refractivity contribution in [1.82, 2.24) is 15.0 Å². The van der Waals surface area contributed by atoms with Gasteiger partial charge in [0.1, 0.15) is 5.82 Å². The normalized spacial score (nSPS) is 12.0. The SMILES string of the molecule is FC(F)(F)c1ccc(CCc2nc3ncc(Br)cc3[nH]2)cc1. The molecule has 0 atom stereocenters. The molecule has 0 fully saturated rings. The number of imidazole rings is 1. The van der Waals surface area contributed by atoms with Crippen LogP contribution in [0.4, 0.5) is 13.2 Å². The monoisotopic (exact) mass is 369 g/mol. The Bertz CT molecular complexity index is 794. The number of alkyl halides is 3. The molecule has 0 saturated heterocycles. The van der Waals surface area contributed by atoms with Crippen LogP contribution in [0.3, 0.4) is 0 Å². The summed E-state index contributed by atoms with van der Waals surface area (Å²) in [6, 6.07) is 7.09. The Kier molecular flexibility index (Phi) is 3.90. The molecule has 2 aromatic heterocycles. The lowest BCUT2D eigenvalue weighted by atomic mass is 10.1. The molecule has 1 aromatic carbocycles. The number of aryl methyl sites for hydroxylation is 2. The lowest BCUT2D eigenvalue weighted by molar-refractivity contribution is -0.137. The first kappa shape index (κ1) is 15.0. The van der Waals surface area contributed by atoms with Crippen LogP contribution in [0.25, 0.3) is 11.2 Å². The smallest absolute Gasteiger partial charge is 0.341 e. The molecule has 0 spiro atoms. The predicted molar refractivity (Wildman–Crippen MR) is 80.4 cm³/mol. The van der Waals surface area contributed by atoms with Crippen LogP contribution in [0.15, 0.2) is 41.0 Å². The van der Waals surface area contributed by atoms with E-state index in [2.05, 4.69) is 30.9 Å². The number of hydrogen-bond donors (Lipinski definition) is 1. The maximum atomic E-state index is 12.5. The lowest BCUT2D eigenvalue weighted by Crippen LogP contribution is -2.04. The van der Waals surface area contributed by atoms with E-state index in [-0.39, 0.29) is 0 Å². The van der Waals surface area contributed by atoms with Crippen molar-refractivity contribution in [3.8, 4) is 0 Å². The molecular formula is C15H11BrF3N3. The molecule has 0 amide bonds. The van der Waals surface area contributed by atoms with Crippen molar-refractivity contribution in [2.24, 2.45) is 0 Å². The Balaban J connectivity index is 1.71. The molecule has 0 aliphatic rings. The number of rotatable bonds is 3. The molecule has 0 radical (unpaired) electrons. The summed E-state index contributed by atoms with van der Waals surface area (Å²) < 4.78 is 38.3. The van der Waals surface area contributed by atoms with Crippen LogP contribution in [-0.4, -0.2) is 15.0 Å². The van der Waals surface area contributed by atoms with Crippen LogP contribution < -0.4 is 0 Å². The summed E-state index contributed by atoms with van der Waals surface area (Å²) in [5.74, 6) is 0.764. The highest BCUT2D eigenvalue weighted by molar-refractivity contribution is 9.10. The average Bonchev–Trinajstić information content (AvgIpc) is 2.86. The molecule has 114 valence electrons. The Hall–Kier alpha value is -1.89. The second kappa shape index (κ2) is 5.72. The maximum absolute atomic E-state index is 12.5. The summed E-state index contributed by atoms with van der Waals surface area (Å²) in [7, 11) is 0. The predicted octanol–water partition coefficient (Wildman–Crippen LogP) is 4.52. The van der Waals surface area contributed by atoms with Gasteiger partial charge in [0, 0.05) is 17.1 Å². The standard InChI is InChI=1S/C15H11BrF3N3/c16-11-7-12-14(20-8-11)22-13(21-12)6-3-9-1-4-10(5-2-9)15(17,18)19/h1-2,4-5,7-8H,3,6H2,(H,20,21,22).